The number of carbonyl (C=O) groups excluding carboxylic acids is 1. The zero-order chi connectivity index (χ0) is 23.8. The van der Waals surface area contributed by atoms with E-state index < -0.39 is 5.91 Å². The summed E-state index contributed by atoms with van der Waals surface area (Å²) in [5, 5.41) is 12.3. The quantitative estimate of drug-likeness (QED) is 0.211. The van der Waals surface area contributed by atoms with Gasteiger partial charge in [0.2, 0.25) is 0 Å². The van der Waals surface area contributed by atoms with E-state index in [0.29, 0.717) is 41.3 Å². The van der Waals surface area contributed by atoms with E-state index in [9.17, 15) is 14.4 Å². The third kappa shape index (κ3) is 6.33. The Balaban J connectivity index is 1.84. The molecule has 5 nitrogen and oxygen atoms in total. The summed E-state index contributed by atoms with van der Waals surface area (Å²) in [4.78, 5) is 12.6. The summed E-state index contributed by atoms with van der Waals surface area (Å²) in [5.74, 6) is 0.451. The zero-order valence-corrected chi connectivity index (χ0v) is 20.4. The smallest absolute Gasteiger partial charge is 0.266 e. The van der Waals surface area contributed by atoms with Gasteiger partial charge >= 0.3 is 0 Å². The van der Waals surface area contributed by atoms with Gasteiger partial charge in [-0.1, -0.05) is 18.2 Å². The van der Waals surface area contributed by atoms with Crippen LogP contribution in [0.15, 0.2) is 66.2 Å². The van der Waals surface area contributed by atoms with Crippen molar-refractivity contribution in [3.05, 3.63) is 92.3 Å². The fraction of sp³-hybridized carbons (Fsp3) is 0.154. The minimum Gasteiger partial charge on any atom is -0.496 e. The minimum atomic E-state index is -0.522. The standard InChI is InChI=1S/C26H22FIN2O3/c1-3-33-21-10-8-20(9-11-21)30-26(31)19(16-29)12-17-13-24(28)22(25(14-17)32-2)15-18-6-4-5-7-23(18)27/h4-14H,3,15H2,1-2H3,(H,30,31)/b19-12+. The van der Waals surface area contributed by atoms with Gasteiger partial charge in [0.1, 0.15) is 29.0 Å². The molecule has 0 saturated carbocycles. The predicted molar refractivity (Wildman–Crippen MR) is 135 cm³/mol. The van der Waals surface area contributed by atoms with Gasteiger partial charge in [-0.15, -0.1) is 0 Å². The van der Waals surface area contributed by atoms with Crippen molar-refractivity contribution in [2.24, 2.45) is 0 Å². The second kappa shape index (κ2) is 11.5. The van der Waals surface area contributed by atoms with Gasteiger partial charge in [-0.3, -0.25) is 4.79 Å². The average Bonchev–Trinajstić information content (AvgIpc) is 2.81. The molecule has 0 bridgehead atoms. The van der Waals surface area contributed by atoms with Gasteiger partial charge in [-0.2, -0.15) is 5.26 Å². The molecule has 0 fully saturated rings. The number of methoxy groups -OCH3 is 1. The highest BCUT2D eigenvalue weighted by Gasteiger charge is 2.15. The van der Waals surface area contributed by atoms with Crippen LogP contribution in [0.25, 0.3) is 6.08 Å². The van der Waals surface area contributed by atoms with Crippen molar-refractivity contribution < 1.29 is 18.7 Å². The lowest BCUT2D eigenvalue weighted by Crippen LogP contribution is -2.13. The van der Waals surface area contributed by atoms with Crippen LogP contribution in [-0.4, -0.2) is 19.6 Å². The number of nitrogens with zero attached hydrogens (tertiary/aromatic N) is 1. The Kier molecular flexibility index (Phi) is 8.44. The number of hydrogen-bond acceptors (Lipinski definition) is 4. The van der Waals surface area contributed by atoms with Gasteiger partial charge in [-0.05, 0) is 89.2 Å². The van der Waals surface area contributed by atoms with Crippen molar-refractivity contribution in [2.75, 3.05) is 19.0 Å². The van der Waals surface area contributed by atoms with Crippen molar-refractivity contribution in [3.8, 4) is 17.6 Å². The van der Waals surface area contributed by atoms with Crippen LogP contribution in [0.3, 0.4) is 0 Å². The maximum atomic E-state index is 14.1. The number of carbonyl (C=O) groups is 1. The summed E-state index contributed by atoms with van der Waals surface area (Å²) in [6.07, 6.45) is 1.86. The molecular formula is C26H22FIN2O3. The maximum Gasteiger partial charge on any atom is 0.266 e. The Labute approximate surface area is 206 Å². The van der Waals surface area contributed by atoms with E-state index in [4.69, 9.17) is 9.47 Å². The van der Waals surface area contributed by atoms with Gasteiger partial charge in [0.25, 0.3) is 5.91 Å². The molecule has 0 aliphatic carbocycles. The number of amides is 1. The van der Waals surface area contributed by atoms with Crippen molar-refractivity contribution >= 4 is 40.3 Å². The van der Waals surface area contributed by atoms with Crippen LogP contribution in [0.2, 0.25) is 0 Å². The molecule has 3 aromatic rings. The lowest BCUT2D eigenvalue weighted by atomic mass is 10.0. The van der Waals surface area contributed by atoms with Crippen LogP contribution in [0, 0.1) is 20.7 Å². The zero-order valence-electron chi connectivity index (χ0n) is 18.2. The number of nitriles is 1. The molecular weight excluding hydrogens is 534 g/mol. The Morgan fingerprint density at radius 2 is 1.91 bits per heavy atom. The number of hydrogen-bond donors (Lipinski definition) is 1. The van der Waals surface area contributed by atoms with Crippen molar-refractivity contribution in [1.82, 2.24) is 0 Å². The lowest BCUT2D eigenvalue weighted by Gasteiger charge is -2.13. The van der Waals surface area contributed by atoms with E-state index in [1.165, 1.54) is 19.3 Å². The Morgan fingerprint density at radius 3 is 2.55 bits per heavy atom. The topological polar surface area (TPSA) is 71.3 Å². The molecule has 3 aromatic carbocycles. The molecule has 3 rings (SSSR count). The van der Waals surface area contributed by atoms with E-state index in [2.05, 4.69) is 27.9 Å². The molecule has 0 aromatic heterocycles. The second-order valence-corrected chi connectivity index (χ2v) is 8.20. The van der Waals surface area contributed by atoms with E-state index in [-0.39, 0.29) is 11.4 Å². The fourth-order valence-corrected chi connectivity index (χ4v) is 4.03. The third-order valence-electron chi connectivity index (χ3n) is 4.82. The van der Waals surface area contributed by atoms with Gasteiger partial charge in [0.15, 0.2) is 0 Å². The third-order valence-corrected chi connectivity index (χ3v) is 5.78. The number of ether oxygens (including phenoxy) is 2. The predicted octanol–water partition coefficient (Wildman–Crippen LogP) is 5.97. The molecule has 0 aliphatic heterocycles. The first-order valence-corrected chi connectivity index (χ1v) is 11.3. The molecule has 7 heteroatoms. The molecule has 0 heterocycles. The number of nitrogens with one attached hydrogen (secondary N) is 1. The highest BCUT2D eigenvalue weighted by Crippen LogP contribution is 2.30. The summed E-state index contributed by atoms with van der Waals surface area (Å²) >= 11 is 2.15. The molecule has 168 valence electrons. The Bertz CT molecular complexity index is 1220. The summed E-state index contributed by atoms with van der Waals surface area (Å²) in [5.41, 5.74) is 2.52. The highest BCUT2D eigenvalue weighted by atomic mass is 127. The average molecular weight is 556 g/mol. The number of halogens is 2. The highest BCUT2D eigenvalue weighted by molar-refractivity contribution is 14.1. The van der Waals surface area contributed by atoms with E-state index in [0.717, 1.165) is 9.13 Å². The molecule has 0 aliphatic rings. The number of rotatable bonds is 8. The Morgan fingerprint density at radius 1 is 1.18 bits per heavy atom. The summed E-state index contributed by atoms with van der Waals surface area (Å²) in [6, 6.07) is 19.0. The normalized spacial score (nSPS) is 10.9. The molecule has 0 radical (unpaired) electrons. The molecule has 0 saturated heterocycles. The van der Waals surface area contributed by atoms with Gasteiger partial charge < -0.3 is 14.8 Å². The van der Waals surface area contributed by atoms with Crippen LogP contribution in [-0.2, 0) is 11.2 Å². The van der Waals surface area contributed by atoms with E-state index >= 15 is 0 Å². The molecule has 0 spiro atoms. The van der Waals surface area contributed by atoms with Crippen LogP contribution in [0.4, 0.5) is 10.1 Å². The molecule has 0 unspecified atom stereocenters. The SMILES string of the molecule is CCOc1ccc(NC(=O)/C(C#N)=C/c2cc(I)c(Cc3ccccc3F)c(OC)c2)cc1. The molecule has 0 atom stereocenters. The van der Waals surface area contributed by atoms with E-state index in [1.807, 2.05) is 19.1 Å². The van der Waals surface area contributed by atoms with Gasteiger partial charge in [0, 0.05) is 21.2 Å². The first-order valence-electron chi connectivity index (χ1n) is 10.2. The number of anilines is 1. The first kappa shape index (κ1) is 24.3. The largest absolute Gasteiger partial charge is 0.496 e. The van der Waals surface area contributed by atoms with Crippen molar-refractivity contribution in [3.63, 3.8) is 0 Å². The second-order valence-electron chi connectivity index (χ2n) is 7.03. The van der Waals surface area contributed by atoms with Crippen LogP contribution in [0.1, 0.15) is 23.6 Å². The monoisotopic (exact) mass is 556 g/mol. The number of benzene rings is 3. The lowest BCUT2D eigenvalue weighted by molar-refractivity contribution is -0.112. The van der Waals surface area contributed by atoms with Gasteiger partial charge in [0.05, 0.1) is 13.7 Å². The maximum absolute atomic E-state index is 14.1. The summed E-state index contributed by atoms with van der Waals surface area (Å²) < 4.78 is 25.9. The Hall–Kier alpha value is -3.38. The minimum absolute atomic E-state index is 0.0522. The van der Waals surface area contributed by atoms with Crippen molar-refractivity contribution in [2.45, 2.75) is 13.3 Å². The fourth-order valence-electron chi connectivity index (χ4n) is 3.22. The molecule has 1 N–H and O–H groups in total. The van der Waals surface area contributed by atoms with E-state index in [1.54, 1.807) is 48.5 Å². The molecule has 33 heavy (non-hydrogen) atoms. The summed E-state index contributed by atoms with van der Waals surface area (Å²) in [6.45, 7) is 2.44. The van der Waals surface area contributed by atoms with Gasteiger partial charge in [-0.25, -0.2) is 4.39 Å². The van der Waals surface area contributed by atoms with Crippen LogP contribution < -0.4 is 14.8 Å². The van der Waals surface area contributed by atoms with Crippen LogP contribution in [0.5, 0.6) is 11.5 Å². The summed E-state index contributed by atoms with van der Waals surface area (Å²) in [7, 11) is 1.54. The van der Waals surface area contributed by atoms with Crippen LogP contribution >= 0.6 is 22.6 Å². The molecule has 1 amide bonds. The van der Waals surface area contributed by atoms with Crippen molar-refractivity contribution in [1.29, 1.82) is 5.26 Å². The first-order chi connectivity index (χ1) is 15.9.